The predicted molar refractivity (Wildman–Crippen MR) is 107 cm³/mol. The van der Waals surface area contributed by atoms with Gasteiger partial charge in [0.25, 0.3) is 0 Å². The SMILES string of the molecule is CCOC(=O)c1c(NC(=O)CCc2nc(-c3ccc(Cl)cc3)no2)[nH]n2ccnc12. The standard InChI is InChI=1S/C19H17ClN6O4/c1-2-29-19(28)15-17(24-26-10-9-21-18(15)26)22-13(27)7-8-14-23-16(25-30-14)11-3-5-12(20)6-4-11/h3-6,9-10,24H,2,7-8H2,1H3,(H,22,27). The highest BCUT2D eigenvalue weighted by atomic mass is 35.5. The van der Waals surface area contributed by atoms with Crippen LogP contribution in [-0.2, 0) is 16.0 Å². The van der Waals surface area contributed by atoms with Crippen molar-refractivity contribution in [2.75, 3.05) is 11.9 Å². The van der Waals surface area contributed by atoms with Crippen molar-refractivity contribution in [3.8, 4) is 11.4 Å². The minimum atomic E-state index is -0.574. The number of nitrogens with one attached hydrogen (secondary N) is 2. The number of aromatic amines is 1. The van der Waals surface area contributed by atoms with Crippen LogP contribution in [0.1, 0.15) is 29.6 Å². The van der Waals surface area contributed by atoms with Crippen molar-refractivity contribution >= 4 is 34.9 Å². The first-order valence-electron chi connectivity index (χ1n) is 9.15. The van der Waals surface area contributed by atoms with Gasteiger partial charge in [-0.25, -0.2) is 14.3 Å². The number of nitrogens with zero attached hydrogens (tertiary/aromatic N) is 4. The van der Waals surface area contributed by atoms with Crippen LogP contribution in [0.5, 0.6) is 0 Å². The first-order valence-corrected chi connectivity index (χ1v) is 9.53. The van der Waals surface area contributed by atoms with Crippen molar-refractivity contribution in [1.29, 1.82) is 0 Å². The molecule has 0 spiro atoms. The third-order valence-electron chi connectivity index (χ3n) is 4.23. The van der Waals surface area contributed by atoms with E-state index in [0.717, 1.165) is 5.56 Å². The number of aromatic nitrogens is 5. The second-order valence-corrected chi connectivity index (χ2v) is 6.71. The van der Waals surface area contributed by atoms with E-state index in [4.69, 9.17) is 20.9 Å². The Labute approximate surface area is 175 Å². The summed E-state index contributed by atoms with van der Waals surface area (Å²) in [7, 11) is 0. The molecule has 0 atom stereocenters. The summed E-state index contributed by atoms with van der Waals surface area (Å²) in [6.45, 7) is 1.91. The molecule has 30 heavy (non-hydrogen) atoms. The highest BCUT2D eigenvalue weighted by Crippen LogP contribution is 2.21. The molecule has 1 aromatic carbocycles. The molecule has 0 radical (unpaired) electrons. The van der Waals surface area contributed by atoms with Crippen LogP contribution < -0.4 is 5.32 Å². The molecule has 3 heterocycles. The average Bonchev–Trinajstić information content (AvgIpc) is 3.43. The number of rotatable bonds is 7. The Bertz CT molecular complexity index is 1190. The van der Waals surface area contributed by atoms with Gasteiger partial charge in [0, 0.05) is 35.8 Å². The number of fused-ring (bicyclic) bond motifs is 1. The van der Waals surface area contributed by atoms with Gasteiger partial charge in [-0.1, -0.05) is 16.8 Å². The number of carbonyl (C=O) groups excluding carboxylic acids is 2. The molecule has 0 saturated heterocycles. The lowest BCUT2D eigenvalue weighted by Gasteiger charge is -2.05. The van der Waals surface area contributed by atoms with Gasteiger partial charge in [0.15, 0.2) is 5.65 Å². The Kier molecular flexibility index (Phi) is 5.48. The molecule has 0 saturated carbocycles. The molecule has 2 N–H and O–H groups in total. The molecule has 3 aromatic heterocycles. The average molecular weight is 429 g/mol. The lowest BCUT2D eigenvalue weighted by Crippen LogP contribution is -2.16. The topological polar surface area (TPSA) is 127 Å². The summed E-state index contributed by atoms with van der Waals surface area (Å²) in [6, 6.07) is 7.02. The minimum absolute atomic E-state index is 0.0753. The van der Waals surface area contributed by atoms with E-state index in [0.29, 0.717) is 22.4 Å². The van der Waals surface area contributed by atoms with Gasteiger partial charge in [0.05, 0.1) is 6.61 Å². The van der Waals surface area contributed by atoms with E-state index >= 15 is 0 Å². The molecule has 0 aliphatic carbocycles. The monoisotopic (exact) mass is 428 g/mol. The number of halogens is 1. The van der Waals surface area contributed by atoms with Gasteiger partial charge in [0.2, 0.25) is 17.6 Å². The van der Waals surface area contributed by atoms with Crippen LogP contribution in [-0.4, -0.2) is 43.2 Å². The number of H-pyrrole nitrogens is 1. The third kappa shape index (κ3) is 4.03. The molecule has 4 rings (SSSR count). The predicted octanol–water partition coefficient (Wildman–Crippen LogP) is 3.11. The highest BCUT2D eigenvalue weighted by Gasteiger charge is 2.23. The molecule has 0 aliphatic rings. The summed E-state index contributed by atoms with van der Waals surface area (Å²) in [5, 5.41) is 10.1. The number of esters is 1. The number of anilines is 1. The molecular weight excluding hydrogens is 412 g/mol. The molecule has 0 unspecified atom stereocenters. The molecule has 1 amide bonds. The quantitative estimate of drug-likeness (QED) is 0.433. The zero-order valence-electron chi connectivity index (χ0n) is 15.9. The number of carbonyl (C=O) groups is 2. The van der Waals surface area contributed by atoms with E-state index in [-0.39, 0.29) is 36.7 Å². The van der Waals surface area contributed by atoms with Gasteiger partial charge in [0.1, 0.15) is 11.4 Å². The fourth-order valence-corrected chi connectivity index (χ4v) is 2.97. The van der Waals surface area contributed by atoms with Crippen molar-refractivity contribution in [1.82, 2.24) is 24.7 Å². The Morgan fingerprint density at radius 1 is 1.30 bits per heavy atom. The van der Waals surface area contributed by atoms with Gasteiger partial charge in [-0.05, 0) is 31.2 Å². The summed E-state index contributed by atoms with van der Waals surface area (Å²) >= 11 is 5.88. The van der Waals surface area contributed by atoms with Crippen molar-refractivity contribution in [2.24, 2.45) is 0 Å². The number of amides is 1. The molecule has 10 nitrogen and oxygen atoms in total. The van der Waals surface area contributed by atoms with E-state index in [2.05, 4.69) is 25.5 Å². The number of ether oxygens (including phenoxy) is 1. The lowest BCUT2D eigenvalue weighted by atomic mass is 10.2. The molecule has 4 aromatic rings. The van der Waals surface area contributed by atoms with Crippen molar-refractivity contribution in [3.63, 3.8) is 0 Å². The van der Waals surface area contributed by atoms with Crippen LogP contribution >= 0.6 is 11.6 Å². The van der Waals surface area contributed by atoms with E-state index in [1.54, 1.807) is 37.4 Å². The molecule has 0 bridgehead atoms. The summed E-state index contributed by atoms with van der Waals surface area (Å²) in [6.07, 6.45) is 3.48. The second kappa shape index (κ2) is 8.37. The number of imidazole rings is 1. The van der Waals surface area contributed by atoms with Gasteiger partial charge in [-0.15, -0.1) is 0 Å². The van der Waals surface area contributed by atoms with Crippen molar-refractivity contribution in [2.45, 2.75) is 19.8 Å². The number of hydrogen-bond acceptors (Lipinski definition) is 7. The summed E-state index contributed by atoms with van der Waals surface area (Å²) < 4.78 is 11.8. The van der Waals surface area contributed by atoms with Gasteiger partial charge in [-0.3, -0.25) is 9.89 Å². The molecular formula is C19H17ClN6O4. The number of aryl methyl sites for hydroxylation is 1. The summed E-state index contributed by atoms with van der Waals surface area (Å²) in [5.41, 5.74) is 1.29. The van der Waals surface area contributed by atoms with Crippen LogP contribution in [0.3, 0.4) is 0 Å². The summed E-state index contributed by atoms with van der Waals surface area (Å²) in [5.74, 6) is 0.0410. The Morgan fingerprint density at radius 2 is 2.10 bits per heavy atom. The van der Waals surface area contributed by atoms with E-state index in [1.807, 2.05) is 0 Å². The molecule has 11 heteroatoms. The smallest absolute Gasteiger partial charge is 0.345 e. The fourth-order valence-electron chi connectivity index (χ4n) is 2.85. The summed E-state index contributed by atoms with van der Waals surface area (Å²) in [4.78, 5) is 33.1. The largest absolute Gasteiger partial charge is 0.462 e. The van der Waals surface area contributed by atoms with E-state index in [1.165, 1.54) is 10.7 Å². The van der Waals surface area contributed by atoms with Gasteiger partial charge in [-0.2, -0.15) is 4.98 Å². The fraction of sp³-hybridized carbons (Fsp3) is 0.211. The molecule has 0 aliphatic heterocycles. The minimum Gasteiger partial charge on any atom is -0.462 e. The maximum Gasteiger partial charge on any atom is 0.345 e. The van der Waals surface area contributed by atoms with Crippen LogP contribution in [0, 0.1) is 0 Å². The maximum atomic E-state index is 12.4. The Balaban J connectivity index is 1.42. The van der Waals surface area contributed by atoms with Crippen LogP contribution in [0.15, 0.2) is 41.2 Å². The van der Waals surface area contributed by atoms with Gasteiger partial charge >= 0.3 is 5.97 Å². The lowest BCUT2D eigenvalue weighted by molar-refractivity contribution is -0.116. The van der Waals surface area contributed by atoms with Crippen LogP contribution in [0.25, 0.3) is 17.0 Å². The first kappa shape index (κ1) is 19.6. The second-order valence-electron chi connectivity index (χ2n) is 6.27. The Hall–Kier alpha value is -3.66. The highest BCUT2D eigenvalue weighted by molar-refractivity contribution is 6.30. The van der Waals surface area contributed by atoms with Crippen LogP contribution in [0.2, 0.25) is 5.02 Å². The molecule has 154 valence electrons. The zero-order chi connectivity index (χ0) is 21.1. The van der Waals surface area contributed by atoms with E-state index < -0.39 is 5.97 Å². The third-order valence-corrected chi connectivity index (χ3v) is 4.48. The normalized spacial score (nSPS) is 11.0. The van der Waals surface area contributed by atoms with E-state index in [9.17, 15) is 9.59 Å². The number of hydrogen-bond donors (Lipinski definition) is 2. The van der Waals surface area contributed by atoms with Crippen molar-refractivity contribution < 1.29 is 18.8 Å². The van der Waals surface area contributed by atoms with Crippen LogP contribution in [0.4, 0.5) is 5.82 Å². The van der Waals surface area contributed by atoms with Crippen molar-refractivity contribution in [3.05, 3.63) is 53.1 Å². The van der Waals surface area contributed by atoms with Gasteiger partial charge < -0.3 is 14.6 Å². The maximum absolute atomic E-state index is 12.4. The first-order chi connectivity index (χ1) is 14.5. The molecule has 0 fully saturated rings. The number of benzene rings is 1. The zero-order valence-corrected chi connectivity index (χ0v) is 16.6. The Morgan fingerprint density at radius 3 is 2.87 bits per heavy atom.